The van der Waals surface area contributed by atoms with E-state index in [0.29, 0.717) is 23.6 Å². The summed E-state index contributed by atoms with van der Waals surface area (Å²) in [5.74, 6) is -1.54. The maximum atomic E-state index is 13.1. The molecule has 1 aliphatic rings. The van der Waals surface area contributed by atoms with Gasteiger partial charge in [0.2, 0.25) is 0 Å². The zero-order valence-corrected chi connectivity index (χ0v) is 17.7. The number of nitrogens with zero attached hydrogens (tertiary/aromatic N) is 2. The maximum Gasteiger partial charge on any atom is 0.300 e. The number of hydrogen-bond donors (Lipinski definition) is 1. The van der Waals surface area contributed by atoms with E-state index in [1.165, 1.54) is 29.2 Å². The van der Waals surface area contributed by atoms with Gasteiger partial charge in [0.15, 0.2) is 0 Å². The van der Waals surface area contributed by atoms with Crippen LogP contribution in [0.3, 0.4) is 0 Å². The van der Waals surface area contributed by atoms with Crippen LogP contribution in [-0.4, -0.2) is 28.3 Å². The molecule has 0 aliphatic carbocycles. The highest BCUT2D eigenvalue weighted by Crippen LogP contribution is 2.42. The fraction of sp³-hybridized carbons (Fsp3) is 0.120. The van der Waals surface area contributed by atoms with Crippen molar-refractivity contribution in [3.8, 4) is 5.75 Å². The van der Waals surface area contributed by atoms with Crippen LogP contribution in [0.4, 0.5) is 11.4 Å². The molecule has 166 valence electrons. The summed E-state index contributed by atoms with van der Waals surface area (Å²) in [5.41, 5.74) is 0.761. The number of amides is 1. The average Bonchev–Trinajstić information content (AvgIpc) is 3.10. The highest BCUT2D eigenvalue weighted by Gasteiger charge is 2.47. The Morgan fingerprint density at radius 3 is 2.36 bits per heavy atom. The first-order valence-electron chi connectivity index (χ1n) is 10.3. The molecule has 0 radical (unpaired) electrons. The SMILES string of the molecule is CCOc1ccc(N2C(=O)C(=O)/C(=C(\O)c3cccc([N+](=O)[O-])c3)C2c2ccccc2)cc1. The Morgan fingerprint density at radius 1 is 1.03 bits per heavy atom. The summed E-state index contributed by atoms with van der Waals surface area (Å²) in [5, 5.41) is 22.2. The second-order valence-electron chi connectivity index (χ2n) is 7.31. The molecule has 1 heterocycles. The van der Waals surface area contributed by atoms with Gasteiger partial charge in [-0.25, -0.2) is 0 Å². The number of aliphatic hydroxyl groups is 1. The predicted octanol–water partition coefficient (Wildman–Crippen LogP) is 4.62. The Hall–Kier alpha value is -4.46. The van der Waals surface area contributed by atoms with Gasteiger partial charge in [0, 0.05) is 23.4 Å². The van der Waals surface area contributed by atoms with E-state index < -0.39 is 28.4 Å². The van der Waals surface area contributed by atoms with Gasteiger partial charge in [0.05, 0.1) is 23.1 Å². The molecule has 0 aromatic heterocycles. The number of ether oxygens (including phenoxy) is 1. The maximum absolute atomic E-state index is 13.1. The molecule has 1 fully saturated rings. The summed E-state index contributed by atoms with van der Waals surface area (Å²) in [7, 11) is 0. The van der Waals surface area contributed by atoms with Crippen molar-refractivity contribution in [2.24, 2.45) is 0 Å². The molecule has 0 spiro atoms. The Morgan fingerprint density at radius 2 is 1.73 bits per heavy atom. The molecule has 1 N–H and O–H groups in total. The lowest BCUT2D eigenvalue weighted by molar-refractivity contribution is -0.384. The lowest BCUT2D eigenvalue weighted by Gasteiger charge is -2.25. The number of non-ortho nitro benzene ring substituents is 1. The molecule has 0 saturated carbocycles. The summed E-state index contributed by atoms with van der Waals surface area (Å²) >= 11 is 0. The molecule has 1 unspecified atom stereocenters. The molecule has 3 aromatic rings. The zero-order chi connectivity index (χ0) is 23.5. The van der Waals surface area contributed by atoms with Crippen LogP contribution in [0.5, 0.6) is 5.75 Å². The second kappa shape index (κ2) is 8.96. The van der Waals surface area contributed by atoms with Gasteiger partial charge in [-0.15, -0.1) is 0 Å². The van der Waals surface area contributed by atoms with Gasteiger partial charge in [0.25, 0.3) is 17.4 Å². The van der Waals surface area contributed by atoms with E-state index in [9.17, 15) is 24.8 Å². The number of carbonyl (C=O) groups is 2. The van der Waals surface area contributed by atoms with Gasteiger partial charge < -0.3 is 9.84 Å². The van der Waals surface area contributed by atoms with Crippen molar-refractivity contribution < 1.29 is 24.4 Å². The fourth-order valence-corrected chi connectivity index (χ4v) is 3.84. The van der Waals surface area contributed by atoms with Crippen LogP contribution in [-0.2, 0) is 9.59 Å². The normalized spacial score (nSPS) is 17.2. The number of rotatable bonds is 6. The Balaban J connectivity index is 1.88. The van der Waals surface area contributed by atoms with Crippen molar-refractivity contribution in [3.05, 3.63) is 106 Å². The number of carbonyl (C=O) groups excluding carboxylic acids is 2. The first-order valence-corrected chi connectivity index (χ1v) is 10.3. The summed E-state index contributed by atoms with van der Waals surface area (Å²) in [6.45, 7) is 2.34. The quantitative estimate of drug-likeness (QED) is 0.195. The summed E-state index contributed by atoms with van der Waals surface area (Å²) in [4.78, 5) is 38.1. The molecule has 0 bridgehead atoms. The predicted molar refractivity (Wildman–Crippen MR) is 122 cm³/mol. The minimum atomic E-state index is -0.914. The minimum Gasteiger partial charge on any atom is -0.507 e. The molecule has 4 rings (SSSR count). The number of hydrogen-bond acceptors (Lipinski definition) is 6. The molecular weight excluding hydrogens is 424 g/mol. The highest BCUT2D eigenvalue weighted by molar-refractivity contribution is 6.51. The average molecular weight is 444 g/mol. The number of Topliss-reactive ketones (excluding diaryl/α,β-unsaturated/α-hetero) is 1. The van der Waals surface area contributed by atoms with Gasteiger partial charge in [-0.1, -0.05) is 42.5 Å². The molecular formula is C25H20N2O6. The molecule has 1 saturated heterocycles. The first-order chi connectivity index (χ1) is 15.9. The van der Waals surface area contributed by atoms with Gasteiger partial charge >= 0.3 is 0 Å². The Labute approximate surface area is 189 Å². The van der Waals surface area contributed by atoms with Gasteiger partial charge in [-0.2, -0.15) is 0 Å². The highest BCUT2D eigenvalue weighted by atomic mass is 16.6. The van der Waals surface area contributed by atoms with Crippen LogP contribution in [0, 0.1) is 10.1 Å². The van der Waals surface area contributed by atoms with Crippen molar-refractivity contribution in [1.82, 2.24) is 0 Å². The van der Waals surface area contributed by atoms with E-state index >= 15 is 0 Å². The number of benzene rings is 3. The fourth-order valence-electron chi connectivity index (χ4n) is 3.84. The van der Waals surface area contributed by atoms with E-state index in [0.717, 1.165) is 0 Å². The van der Waals surface area contributed by atoms with Crippen molar-refractivity contribution in [1.29, 1.82) is 0 Å². The Bertz CT molecular complexity index is 1250. The number of anilines is 1. The molecule has 3 aromatic carbocycles. The standard InChI is InChI=1S/C25H20N2O6/c1-2-33-20-13-11-18(12-14-20)26-22(16-7-4-3-5-8-16)21(24(29)25(26)30)23(28)17-9-6-10-19(15-17)27(31)32/h3-15,22,28H,2H2,1H3/b23-21-. The van der Waals surface area contributed by atoms with Crippen LogP contribution in [0.15, 0.2) is 84.4 Å². The summed E-state index contributed by atoms with van der Waals surface area (Å²) in [6.07, 6.45) is 0. The third-order valence-electron chi connectivity index (χ3n) is 5.32. The minimum absolute atomic E-state index is 0.0785. The van der Waals surface area contributed by atoms with Crippen LogP contribution in [0.1, 0.15) is 24.1 Å². The van der Waals surface area contributed by atoms with Gasteiger partial charge in [-0.05, 0) is 36.8 Å². The number of nitro groups is 1. The summed E-state index contributed by atoms with van der Waals surface area (Å²) in [6, 6.07) is 19.9. The van der Waals surface area contributed by atoms with E-state index in [-0.39, 0.29) is 16.8 Å². The van der Waals surface area contributed by atoms with Crippen LogP contribution in [0.2, 0.25) is 0 Å². The number of aliphatic hydroxyl groups excluding tert-OH is 1. The van der Waals surface area contributed by atoms with Crippen molar-refractivity contribution >= 4 is 28.8 Å². The van der Waals surface area contributed by atoms with Crippen LogP contribution < -0.4 is 9.64 Å². The first kappa shape index (κ1) is 21.8. The second-order valence-corrected chi connectivity index (χ2v) is 7.31. The topological polar surface area (TPSA) is 110 Å². The van der Waals surface area contributed by atoms with Crippen LogP contribution >= 0.6 is 0 Å². The van der Waals surface area contributed by atoms with Crippen molar-refractivity contribution in [2.75, 3.05) is 11.5 Å². The molecule has 1 amide bonds. The Kier molecular flexibility index (Phi) is 5.91. The van der Waals surface area contributed by atoms with Gasteiger partial charge in [-0.3, -0.25) is 24.6 Å². The lowest BCUT2D eigenvalue weighted by Crippen LogP contribution is -2.29. The van der Waals surface area contributed by atoms with Crippen LogP contribution in [0.25, 0.3) is 5.76 Å². The van der Waals surface area contributed by atoms with Crippen molar-refractivity contribution in [3.63, 3.8) is 0 Å². The molecule has 8 heteroatoms. The van der Waals surface area contributed by atoms with E-state index in [2.05, 4.69) is 0 Å². The van der Waals surface area contributed by atoms with E-state index in [1.54, 1.807) is 54.6 Å². The molecule has 33 heavy (non-hydrogen) atoms. The monoisotopic (exact) mass is 444 g/mol. The number of ketones is 1. The van der Waals surface area contributed by atoms with E-state index in [4.69, 9.17) is 4.74 Å². The lowest BCUT2D eigenvalue weighted by atomic mass is 9.95. The third-order valence-corrected chi connectivity index (χ3v) is 5.32. The smallest absolute Gasteiger partial charge is 0.300 e. The number of nitro benzene ring substituents is 1. The molecule has 1 aliphatic heterocycles. The summed E-state index contributed by atoms with van der Waals surface area (Å²) < 4.78 is 5.46. The van der Waals surface area contributed by atoms with E-state index in [1.807, 2.05) is 6.92 Å². The van der Waals surface area contributed by atoms with Gasteiger partial charge in [0.1, 0.15) is 11.5 Å². The largest absolute Gasteiger partial charge is 0.507 e. The molecule has 8 nitrogen and oxygen atoms in total. The zero-order valence-electron chi connectivity index (χ0n) is 17.7. The third kappa shape index (κ3) is 4.06. The molecule has 1 atom stereocenters. The van der Waals surface area contributed by atoms with Crippen molar-refractivity contribution in [2.45, 2.75) is 13.0 Å².